The van der Waals surface area contributed by atoms with Crippen LogP contribution in [-0.2, 0) is 9.59 Å². The summed E-state index contributed by atoms with van der Waals surface area (Å²) in [6.45, 7) is 2.11. The third-order valence-corrected chi connectivity index (χ3v) is 1.95. The van der Waals surface area contributed by atoms with Gasteiger partial charge >= 0.3 is 0 Å². The minimum Gasteiger partial charge on any atom is -0.345 e. The Morgan fingerprint density at radius 1 is 1.57 bits per heavy atom. The van der Waals surface area contributed by atoms with Crippen molar-refractivity contribution >= 4 is 12.2 Å². The summed E-state index contributed by atoms with van der Waals surface area (Å²) in [7, 11) is 0. The van der Waals surface area contributed by atoms with Gasteiger partial charge in [-0.25, -0.2) is 0 Å². The smallest absolute Gasteiger partial charge is 0.238 e. The average molecular weight is 201 g/mol. The van der Waals surface area contributed by atoms with Crippen molar-refractivity contribution in [2.24, 2.45) is 11.5 Å². The third kappa shape index (κ3) is 4.94. The van der Waals surface area contributed by atoms with Crippen LogP contribution in [0.3, 0.4) is 0 Å². The van der Waals surface area contributed by atoms with Crippen LogP contribution in [0.15, 0.2) is 0 Å². The Bertz CT molecular complexity index is 185. The average Bonchev–Trinajstić information content (AvgIpc) is 2.22. The van der Waals surface area contributed by atoms with Gasteiger partial charge in [0.25, 0.3) is 0 Å². The van der Waals surface area contributed by atoms with Gasteiger partial charge in [-0.05, 0) is 6.42 Å². The number of amides is 1. The lowest BCUT2D eigenvalue weighted by Crippen LogP contribution is -2.49. The van der Waals surface area contributed by atoms with Gasteiger partial charge in [0.15, 0.2) is 0 Å². The number of unbranched alkanes of at least 4 members (excludes halogenated alkanes) is 1. The number of aldehydes is 1. The van der Waals surface area contributed by atoms with Crippen LogP contribution in [0.1, 0.15) is 26.2 Å². The highest BCUT2D eigenvalue weighted by Crippen LogP contribution is 1.98. The lowest BCUT2D eigenvalue weighted by molar-refractivity contribution is -0.125. The summed E-state index contributed by atoms with van der Waals surface area (Å²) >= 11 is 0. The van der Waals surface area contributed by atoms with Crippen molar-refractivity contribution in [1.82, 2.24) is 5.32 Å². The van der Waals surface area contributed by atoms with Gasteiger partial charge in [0.05, 0.1) is 12.1 Å². The van der Waals surface area contributed by atoms with E-state index in [0.717, 1.165) is 19.1 Å². The number of rotatable bonds is 7. The van der Waals surface area contributed by atoms with E-state index in [9.17, 15) is 9.59 Å². The fraction of sp³-hybridized carbons (Fsp3) is 0.778. The molecule has 0 saturated carbocycles. The topological polar surface area (TPSA) is 98.2 Å². The van der Waals surface area contributed by atoms with E-state index in [2.05, 4.69) is 5.32 Å². The van der Waals surface area contributed by atoms with E-state index in [-0.39, 0.29) is 12.5 Å². The molecule has 0 aliphatic heterocycles. The Balaban J connectivity index is 3.91. The highest BCUT2D eigenvalue weighted by molar-refractivity contribution is 5.84. The number of hydrogen-bond donors (Lipinski definition) is 3. The van der Waals surface area contributed by atoms with Crippen LogP contribution in [0.5, 0.6) is 0 Å². The number of nitrogens with two attached hydrogens (primary N) is 2. The Labute approximate surface area is 84.2 Å². The summed E-state index contributed by atoms with van der Waals surface area (Å²) < 4.78 is 0. The van der Waals surface area contributed by atoms with E-state index in [1.165, 1.54) is 0 Å². The van der Waals surface area contributed by atoms with Gasteiger partial charge in [0, 0.05) is 6.54 Å². The Morgan fingerprint density at radius 2 is 2.21 bits per heavy atom. The molecular weight excluding hydrogens is 182 g/mol. The molecule has 0 saturated heterocycles. The van der Waals surface area contributed by atoms with Crippen LogP contribution in [0, 0.1) is 0 Å². The monoisotopic (exact) mass is 201 g/mol. The van der Waals surface area contributed by atoms with Crippen molar-refractivity contribution in [3.8, 4) is 0 Å². The van der Waals surface area contributed by atoms with E-state index in [1.807, 2.05) is 6.92 Å². The molecule has 0 aromatic carbocycles. The van der Waals surface area contributed by atoms with Crippen molar-refractivity contribution in [2.45, 2.75) is 38.3 Å². The van der Waals surface area contributed by atoms with Crippen LogP contribution in [0.4, 0.5) is 0 Å². The molecular formula is C9H19N3O2. The summed E-state index contributed by atoms with van der Waals surface area (Å²) in [5.41, 5.74) is 10.6. The molecule has 82 valence electrons. The quantitative estimate of drug-likeness (QED) is 0.467. The summed E-state index contributed by atoms with van der Waals surface area (Å²) in [6, 6.07) is -1.15. The largest absolute Gasteiger partial charge is 0.345 e. The van der Waals surface area contributed by atoms with Gasteiger partial charge in [-0.15, -0.1) is 0 Å². The molecule has 0 aliphatic rings. The minimum atomic E-state index is -0.723. The van der Waals surface area contributed by atoms with Crippen LogP contribution < -0.4 is 16.8 Å². The van der Waals surface area contributed by atoms with E-state index in [0.29, 0.717) is 6.42 Å². The maximum atomic E-state index is 11.2. The Kier molecular flexibility index (Phi) is 6.96. The van der Waals surface area contributed by atoms with E-state index in [1.54, 1.807) is 0 Å². The summed E-state index contributed by atoms with van der Waals surface area (Å²) in [5, 5.41) is 2.54. The summed E-state index contributed by atoms with van der Waals surface area (Å²) in [4.78, 5) is 21.8. The van der Waals surface area contributed by atoms with Crippen LogP contribution >= 0.6 is 0 Å². The zero-order valence-corrected chi connectivity index (χ0v) is 8.53. The minimum absolute atomic E-state index is 0.0885. The molecule has 0 spiro atoms. The molecule has 0 fully saturated rings. The van der Waals surface area contributed by atoms with Gasteiger partial charge in [-0.1, -0.05) is 19.8 Å². The van der Waals surface area contributed by atoms with E-state index >= 15 is 0 Å². The molecule has 5 nitrogen and oxygen atoms in total. The number of nitrogens with one attached hydrogen (secondary N) is 1. The predicted octanol–water partition coefficient (Wildman–Crippen LogP) is -0.854. The first-order chi connectivity index (χ1) is 6.65. The molecule has 1 amide bonds. The third-order valence-electron chi connectivity index (χ3n) is 1.95. The van der Waals surface area contributed by atoms with Crippen LogP contribution in [0.2, 0.25) is 0 Å². The Morgan fingerprint density at radius 3 is 2.64 bits per heavy atom. The SMILES string of the molecule is CCCC[C@@H](C=O)NC(=O)[C@@H](N)CN. The first kappa shape index (κ1) is 13.1. The van der Waals surface area contributed by atoms with Crippen LogP contribution in [-0.4, -0.2) is 30.8 Å². The highest BCUT2D eigenvalue weighted by Gasteiger charge is 2.15. The van der Waals surface area contributed by atoms with E-state index in [4.69, 9.17) is 11.5 Å². The number of carbonyl (C=O) groups is 2. The summed E-state index contributed by atoms with van der Waals surface area (Å²) in [6.07, 6.45) is 3.28. The summed E-state index contributed by atoms with van der Waals surface area (Å²) in [5.74, 6) is -0.360. The number of carbonyl (C=O) groups excluding carboxylic acids is 2. The predicted molar refractivity (Wildman–Crippen MR) is 54.5 cm³/mol. The molecule has 5 N–H and O–H groups in total. The second-order valence-corrected chi connectivity index (χ2v) is 3.24. The zero-order chi connectivity index (χ0) is 11.0. The van der Waals surface area contributed by atoms with Crippen molar-refractivity contribution < 1.29 is 9.59 Å². The molecule has 0 aromatic heterocycles. The lowest BCUT2D eigenvalue weighted by Gasteiger charge is -2.15. The second kappa shape index (κ2) is 7.46. The number of hydrogen-bond acceptors (Lipinski definition) is 4. The Hall–Kier alpha value is -0.940. The van der Waals surface area contributed by atoms with Gasteiger partial charge in [0.1, 0.15) is 6.29 Å². The molecule has 14 heavy (non-hydrogen) atoms. The van der Waals surface area contributed by atoms with Crippen LogP contribution in [0.25, 0.3) is 0 Å². The van der Waals surface area contributed by atoms with E-state index < -0.39 is 12.1 Å². The molecule has 0 unspecified atom stereocenters. The van der Waals surface area contributed by atoms with Gasteiger partial charge in [-0.3, -0.25) is 4.79 Å². The van der Waals surface area contributed by atoms with Gasteiger partial charge in [-0.2, -0.15) is 0 Å². The fourth-order valence-corrected chi connectivity index (χ4v) is 0.995. The standard InChI is InChI=1S/C9H19N3O2/c1-2-3-4-7(6-13)12-9(14)8(11)5-10/h6-8H,2-5,10-11H2,1H3,(H,12,14)/t7-,8-/m0/s1. The molecule has 0 aliphatic carbocycles. The molecule has 0 aromatic rings. The molecule has 5 heteroatoms. The normalized spacial score (nSPS) is 14.5. The van der Waals surface area contributed by atoms with Gasteiger partial charge in [0.2, 0.25) is 5.91 Å². The van der Waals surface area contributed by atoms with Crippen molar-refractivity contribution in [3.05, 3.63) is 0 Å². The maximum absolute atomic E-state index is 11.2. The zero-order valence-electron chi connectivity index (χ0n) is 8.53. The van der Waals surface area contributed by atoms with Crippen molar-refractivity contribution in [2.75, 3.05) is 6.54 Å². The van der Waals surface area contributed by atoms with Crippen molar-refractivity contribution in [1.29, 1.82) is 0 Å². The van der Waals surface area contributed by atoms with Gasteiger partial charge < -0.3 is 21.6 Å². The molecule has 0 heterocycles. The molecule has 0 rings (SSSR count). The first-order valence-electron chi connectivity index (χ1n) is 4.87. The highest BCUT2D eigenvalue weighted by atomic mass is 16.2. The fourth-order valence-electron chi connectivity index (χ4n) is 0.995. The molecule has 2 atom stereocenters. The lowest BCUT2D eigenvalue weighted by atomic mass is 10.1. The second-order valence-electron chi connectivity index (χ2n) is 3.24. The molecule has 0 radical (unpaired) electrons. The van der Waals surface area contributed by atoms with Crippen molar-refractivity contribution in [3.63, 3.8) is 0 Å². The maximum Gasteiger partial charge on any atom is 0.238 e. The first-order valence-corrected chi connectivity index (χ1v) is 4.87. The molecule has 0 bridgehead atoms.